The smallest absolute Gasteiger partial charge is 0.338 e. The van der Waals surface area contributed by atoms with Gasteiger partial charge in [-0.15, -0.1) is 11.3 Å². The second-order valence-electron chi connectivity index (χ2n) is 4.44. The molecule has 0 radical (unpaired) electrons. The third-order valence-electron chi connectivity index (χ3n) is 2.98. The molecule has 1 aliphatic heterocycles. The van der Waals surface area contributed by atoms with Crippen LogP contribution >= 0.6 is 11.3 Å². The molecule has 0 saturated carbocycles. The molecule has 1 aromatic carbocycles. The molecule has 3 rings (SSSR count). The van der Waals surface area contributed by atoms with Crippen molar-refractivity contribution in [2.24, 2.45) is 0 Å². The molecule has 1 aromatic rings. The molecule has 5 nitrogen and oxygen atoms in total. The minimum absolute atomic E-state index is 0.137. The lowest BCUT2D eigenvalue weighted by Gasteiger charge is -2.10. The summed E-state index contributed by atoms with van der Waals surface area (Å²) in [4.78, 5) is 27.3. The van der Waals surface area contributed by atoms with Crippen LogP contribution in [-0.4, -0.2) is 21.2 Å². The molecular formula is C14H9NO4S. The molecule has 0 unspecified atom stereocenters. The molecule has 0 saturated heterocycles. The van der Waals surface area contributed by atoms with Gasteiger partial charge >= 0.3 is 5.97 Å². The first kappa shape index (κ1) is 12.6. The zero-order valence-electron chi connectivity index (χ0n) is 10.4. The van der Waals surface area contributed by atoms with E-state index in [-0.39, 0.29) is 16.1 Å². The first-order valence-electron chi connectivity index (χ1n) is 5.78. The summed E-state index contributed by atoms with van der Waals surface area (Å²) in [5.41, 5.74) is 0.876. The molecule has 0 fully saturated rings. The van der Waals surface area contributed by atoms with E-state index in [0.29, 0.717) is 5.52 Å². The minimum atomic E-state index is -1.24. The van der Waals surface area contributed by atoms with Crippen LogP contribution in [0.2, 0.25) is 0 Å². The largest absolute Gasteiger partial charge is 0.503 e. The standard InChI is InChI=1S/C14H9NO4S/c1-6-2-3-10-8(4-6)15-11-7(14(18)19)5-9(16)12(17)13(11)20-10/h2-5,17H,1H3,(H,18,19). The molecular weight excluding hydrogens is 278 g/mol. The Labute approximate surface area is 117 Å². The summed E-state index contributed by atoms with van der Waals surface area (Å²) in [7, 11) is 0. The predicted octanol–water partition coefficient (Wildman–Crippen LogP) is 2.47. The topological polar surface area (TPSA) is 87.5 Å². The Morgan fingerprint density at radius 2 is 2.05 bits per heavy atom. The number of fused-ring (bicyclic) bond motifs is 2. The fraction of sp³-hybridized carbons (Fsp3) is 0.0714. The van der Waals surface area contributed by atoms with Gasteiger partial charge in [-0.05, 0) is 24.6 Å². The van der Waals surface area contributed by atoms with Crippen molar-refractivity contribution in [3.8, 4) is 16.3 Å². The van der Waals surface area contributed by atoms with Gasteiger partial charge in [-0.1, -0.05) is 6.07 Å². The van der Waals surface area contributed by atoms with Gasteiger partial charge in [0.1, 0.15) is 4.88 Å². The summed E-state index contributed by atoms with van der Waals surface area (Å²) in [5, 5.41) is 19.0. The van der Waals surface area contributed by atoms with E-state index in [1.807, 2.05) is 25.1 Å². The lowest BCUT2D eigenvalue weighted by molar-refractivity contribution is 0.0697. The number of hydrogen-bond acceptors (Lipinski definition) is 5. The zero-order chi connectivity index (χ0) is 14.4. The Morgan fingerprint density at radius 3 is 2.75 bits per heavy atom. The van der Waals surface area contributed by atoms with Crippen LogP contribution in [0.3, 0.4) is 0 Å². The van der Waals surface area contributed by atoms with Crippen LogP contribution in [0.25, 0.3) is 20.8 Å². The summed E-state index contributed by atoms with van der Waals surface area (Å²) in [6, 6.07) is 6.46. The highest BCUT2D eigenvalue weighted by Crippen LogP contribution is 2.37. The number of nitrogens with zero attached hydrogens (tertiary/aromatic N) is 1. The Kier molecular flexibility index (Phi) is 2.69. The molecule has 0 atom stereocenters. The lowest BCUT2D eigenvalue weighted by atomic mass is 10.1. The molecule has 1 aliphatic carbocycles. The highest BCUT2D eigenvalue weighted by atomic mass is 32.1. The van der Waals surface area contributed by atoms with Crippen molar-refractivity contribution in [1.29, 1.82) is 0 Å². The summed E-state index contributed by atoms with van der Waals surface area (Å²) in [6.45, 7) is 1.91. The number of aromatic carboxylic acids is 1. The van der Waals surface area contributed by atoms with Crippen molar-refractivity contribution in [3.63, 3.8) is 0 Å². The third kappa shape index (κ3) is 1.81. The number of benzene rings is 2. The molecule has 1 heterocycles. The second kappa shape index (κ2) is 4.28. The highest BCUT2D eigenvalue weighted by Gasteiger charge is 2.22. The van der Waals surface area contributed by atoms with Gasteiger partial charge in [0.2, 0.25) is 5.43 Å². The molecule has 0 spiro atoms. The SMILES string of the molecule is Cc1ccc2sc3c(O)c(=O)cc(C(=O)O)c-3nc2c1. The van der Waals surface area contributed by atoms with E-state index in [1.54, 1.807) is 0 Å². The molecule has 6 heteroatoms. The molecule has 0 aromatic heterocycles. The van der Waals surface area contributed by atoms with E-state index in [0.717, 1.165) is 27.7 Å². The maximum Gasteiger partial charge on any atom is 0.338 e. The number of hydrogen-bond donors (Lipinski definition) is 2. The average molecular weight is 287 g/mol. The summed E-state index contributed by atoms with van der Waals surface area (Å²) in [6.07, 6.45) is 0. The van der Waals surface area contributed by atoms with Crippen molar-refractivity contribution in [2.75, 3.05) is 0 Å². The summed E-state index contributed by atoms with van der Waals surface area (Å²) in [5.74, 6) is -1.69. The van der Waals surface area contributed by atoms with Crippen LogP contribution in [0.4, 0.5) is 0 Å². The van der Waals surface area contributed by atoms with E-state index >= 15 is 0 Å². The summed E-state index contributed by atoms with van der Waals surface area (Å²) < 4.78 is 0.778. The quantitative estimate of drug-likeness (QED) is 0.671. The molecule has 0 bridgehead atoms. The van der Waals surface area contributed by atoms with E-state index in [1.165, 1.54) is 0 Å². The van der Waals surface area contributed by atoms with Gasteiger partial charge in [-0.25, -0.2) is 9.78 Å². The Hall–Kier alpha value is -2.47. The van der Waals surface area contributed by atoms with Crippen LogP contribution in [0, 0.1) is 6.92 Å². The maximum absolute atomic E-state index is 11.6. The lowest BCUT2D eigenvalue weighted by Crippen LogP contribution is -2.10. The van der Waals surface area contributed by atoms with Crippen LogP contribution in [0.15, 0.2) is 29.1 Å². The molecule has 2 aliphatic rings. The van der Waals surface area contributed by atoms with Gasteiger partial charge < -0.3 is 10.2 Å². The number of carboxylic acids is 1. The van der Waals surface area contributed by atoms with E-state index < -0.39 is 17.1 Å². The van der Waals surface area contributed by atoms with E-state index in [2.05, 4.69) is 4.98 Å². The monoisotopic (exact) mass is 287 g/mol. The van der Waals surface area contributed by atoms with Gasteiger partial charge in [0.25, 0.3) is 0 Å². The van der Waals surface area contributed by atoms with Gasteiger partial charge in [0.05, 0.1) is 21.5 Å². The van der Waals surface area contributed by atoms with Gasteiger partial charge in [-0.3, -0.25) is 4.79 Å². The highest BCUT2D eigenvalue weighted by molar-refractivity contribution is 7.21. The van der Waals surface area contributed by atoms with Crippen molar-refractivity contribution in [2.45, 2.75) is 6.92 Å². The first-order chi connectivity index (χ1) is 9.47. The molecule has 100 valence electrons. The number of rotatable bonds is 1. The van der Waals surface area contributed by atoms with Gasteiger partial charge in [-0.2, -0.15) is 0 Å². The van der Waals surface area contributed by atoms with Crippen LogP contribution in [0.5, 0.6) is 5.75 Å². The Balaban J connectivity index is 2.53. The molecule has 20 heavy (non-hydrogen) atoms. The average Bonchev–Trinajstić information content (AvgIpc) is 2.41. The Bertz CT molecular complexity index is 884. The van der Waals surface area contributed by atoms with Crippen LogP contribution in [-0.2, 0) is 0 Å². The number of phenolic OH excluding ortho intramolecular Hbond substituents is 1. The molecule has 0 amide bonds. The van der Waals surface area contributed by atoms with Crippen molar-refractivity contribution < 1.29 is 15.0 Å². The minimum Gasteiger partial charge on any atom is -0.503 e. The fourth-order valence-electron chi connectivity index (χ4n) is 2.02. The first-order valence-corrected chi connectivity index (χ1v) is 6.59. The predicted molar refractivity (Wildman–Crippen MR) is 75.9 cm³/mol. The van der Waals surface area contributed by atoms with Gasteiger partial charge in [0.15, 0.2) is 5.75 Å². The number of carboxylic acid groups (broad SMARTS) is 1. The number of phenols is 1. The van der Waals surface area contributed by atoms with Crippen molar-refractivity contribution in [1.82, 2.24) is 4.98 Å². The number of carbonyl (C=O) groups is 1. The third-order valence-corrected chi connectivity index (χ3v) is 4.14. The van der Waals surface area contributed by atoms with Crippen molar-refractivity contribution in [3.05, 3.63) is 45.6 Å². The number of aryl methyl sites for hydroxylation is 1. The van der Waals surface area contributed by atoms with Crippen LogP contribution in [0.1, 0.15) is 15.9 Å². The number of aromatic hydroxyl groups is 1. The van der Waals surface area contributed by atoms with Crippen LogP contribution < -0.4 is 5.43 Å². The molecule has 2 N–H and O–H groups in total. The second-order valence-corrected chi connectivity index (χ2v) is 5.49. The van der Waals surface area contributed by atoms with Gasteiger partial charge in [0, 0.05) is 6.07 Å². The maximum atomic E-state index is 11.6. The number of aromatic nitrogens is 1. The van der Waals surface area contributed by atoms with E-state index in [9.17, 15) is 14.7 Å². The zero-order valence-corrected chi connectivity index (χ0v) is 11.2. The fourth-order valence-corrected chi connectivity index (χ4v) is 3.03. The Morgan fingerprint density at radius 1 is 1.30 bits per heavy atom. The normalized spacial score (nSPS) is 11.1. The summed E-state index contributed by atoms with van der Waals surface area (Å²) >= 11 is 1.16. The van der Waals surface area contributed by atoms with E-state index in [4.69, 9.17) is 5.11 Å². The van der Waals surface area contributed by atoms with Crippen molar-refractivity contribution >= 4 is 27.5 Å².